The third-order valence-corrected chi connectivity index (χ3v) is 7.55. The number of rotatable bonds is 13. The maximum Gasteiger partial charge on any atom is 0.242 e. The molecule has 0 aliphatic carbocycles. The van der Waals surface area contributed by atoms with Crippen LogP contribution in [0.5, 0.6) is 0 Å². The van der Waals surface area contributed by atoms with Crippen molar-refractivity contribution < 1.29 is 18.0 Å². The molecule has 2 amide bonds. The fourth-order valence-electron chi connectivity index (χ4n) is 3.83. The van der Waals surface area contributed by atoms with Crippen molar-refractivity contribution in [3.8, 4) is 0 Å². The predicted molar refractivity (Wildman–Crippen MR) is 147 cm³/mol. The van der Waals surface area contributed by atoms with Crippen LogP contribution in [0.2, 0.25) is 10.0 Å². The summed E-state index contributed by atoms with van der Waals surface area (Å²) in [6.07, 6.45) is 2.71. The molecule has 1 atom stereocenters. The second kappa shape index (κ2) is 13.9. The average Bonchev–Trinajstić information content (AvgIpc) is 2.81. The summed E-state index contributed by atoms with van der Waals surface area (Å²) in [4.78, 5) is 27.8. The molecule has 0 aliphatic rings. The first-order valence-electron chi connectivity index (χ1n) is 12.0. The van der Waals surface area contributed by atoms with Crippen LogP contribution < -0.4 is 9.62 Å². The van der Waals surface area contributed by atoms with Gasteiger partial charge in [-0.25, -0.2) is 8.42 Å². The number of nitrogens with one attached hydrogen (secondary N) is 1. The minimum absolute atomic E-state index is 0.0701. The molecule has 0 bridgehead atoms. The Morgan fingerprint density at radius 3 is 2.28 bits per heavy atom. The molecule has 0 fully saturated rings. The highest BCUT2D eigenvalue weighted by atomic mass is 35.5. The van der Waals surface area contributed by atoms with Crippen LogP contribution in [0.3, 0.4) is 0 Å². The molecule has 0 radical (unpaired) electrons. The topological polar surface area (TPSA) is 86.8 Å². The summed E-state index contributed by atoms with van der Waals surface area (Å²) in [6, 6.07) is 11.5. The number of benzene rings is 2. The van der Waals surface area contributed by atoms with Crippen LogP contribution in [0, 0.1) is 6.92 Å². The van der Waals surface area contributed by atoms with Gasteiger partial charge in [-0.3, -0.25) is 13.9 Å². The van der Waals surface area contributed by atoms with Gasteiger partial charge < -0.3 is 10.2 Å². The van der Waals surface area contributed by atoms with E-state index in [4.69, 9.17) is 23.2 Å². The molecule has 0 aliphatic heterocycles. The molecule has 2 aromatic rings. The Morgan fingerprint density at radius 2 is 1.72 bits per heavy atom. The average molecular weight is 557 g/mol. The van der Waals surface area contributed by atoms with Gasteiger partial charge in [0.15, 0.2) is 0 Å². The van der Waals surface area contributed by atoms with Crippen LogP contribution >= 0.6 is 23.2 Å². The van der Waals surface area contributed by atoms with Crippen LogP contribution in [0.15, 0.2) is 42.5 Å². The van der Waals surface area contributed by atoms with E-state index < -0.39 is 16.1 Å². The maximum atomic E-state index is 13.4. The molecule has 0 unspecified atom stereocenters. The number of sulfonamides is 1. The van der Waals surface area contributed by atoms with Crippen LogP contribution in [-0.2, 0) is 26.2 Å². The van der Waals surface area contributed by atoms with Crippen molar-refractivity contribution in [2.45, 2.75) is 59.0 Å². The maximum absolute atomic E-state index is 13.4. The van der Waals surface area contributed by atoms with Crippen LogP contribution in [0.1, 0.15) is 50.7 Å². The smallest absolute Gasteiger partial charge is 0.242 e. The highest BCUT2D eigenvalue weighted by molar-refractivity contribution is 7.92. The van der Waals surface area contributed by atoms with E-state index >= 15 is 0 Å². The van der Waals surface area contributed by atoms with Gasteiger partial charge in [0, 0.05) is 36.1 Å². The van der Waals surface area contributed by atoms with Gasteiger partial charge in [0.05, 0.1) is 11.9 Å². The normalized spacial score (nSPS) is 12.2. The van der Waals surface area contributed by atoms with E-state index in [0.717, 1.165) is 18.2 Å². The number of hydrogen-bond donors (Lipinski definition) is 1. The van der Waals surface area contributed by atoms with Crippen molar-refractivity contribution in [2.24, 2.45) is 0 Å². The third-order valence-electron chi connectivity index (χ3n) is 5.77. The van der Waals surface area contributed by atoms with Gasteiger partial charge in [0.2, 0.25) is 21.8 Å². The Kier molecular flexibility index (Phi) is 11.5. The van der Waals surface area contributed by atoms with Gasteiger partial charge in [0.1, 0.15) is 6.04 Å². The van der Waals surface area contributed by atoms with E-state index in [1.807, 2.05) is 32.9 Å². The first-order chi connectivity index (χ1) is 17.0. The minimum atomic E-state index is -3.54. The quantitative estimate of drug-likeness (QED) is 0.368. The molecule has 0 spiro atoms. The molecule has 0 saturated carbocycles. The minimum Gasteiger partial charge on any atom is -0.354 e. The zero-order valence-electron chi connectivity index (χ0n) is 21.3. The van der Waals surface area contributed by atoms with E-state index in [1.54, 1.807) is 30.3 Å². The molecule has 0 aromatic heterocycles. The van der Waals surface area contributed by atoms with Gasteiger partial charge in [-0.2, -0.15) is 0 Å². The van der Waals surface area contributed by atoms with Crippen LogP contribution in [0.4, 0.5) is 5.69 Å². The van der Waals surface area contributed by atoms with E-state index in [9.17, 15) is 18.0 Å². The Bertz CT molecular complexity index is 1140. The summed E-state index contributed by atoms with van der Waals surface area (Å²) < 4.78 is 26.2. The lowest BCUT2D eigenvalue weighted by Crippen LogP contribution is -2.49. The van der Waals surface area contributed by atoms with E-state index in [0.29, 0.717) is 34.3 Å². The van der Waals surface area contributed by atoms with Gasteiger partial charge in [0.25, 0.3) is 0 Å². The van der Waals surface area contributed by atoms with Crippen molar-refractivity contribution >= 4 is 50.7 Å². The number of nitrogens with zero attached hydrogens (tertiary/aromatic N) is 2. The van der Waals surface area contributed by atoms with Crippen molar-refractivity contribution in [2.75, 3.05) is 23.7 Å². The lowest BCUT2D eigenvalue weighted by Gasteiger charge is -2.31. The first kappa shape index (κ1) is 29.9. The molecule has 36 heavy (non-hydrogen) atoms. The molecule has 2 aromatic carbocycles. The van der Waals surface area contributed by atoms with E-state index in [1.165, 1.54) is 9.21 Å². The third kappa shape index (κ3) is 8.68. The fraction of sp³-hybridized carbons (Fsp3) is 0.462. The van der Waals surface area contributed by atoms with Crippen LogP contribution in [0.25, 0.3) is 0 Å². The molecule has 10 heteroatoms. The second-order valence-electron chi connectivity index (χ2n) is 8.75. The van der Waals surface area contributed by atoms with Gasteiger partial charge in [-0.15, -0.1) is 0 Å². The van der Waals surface area contributed by atoms with E-state index in [-0.39, 0.29) is 37.7 Å². The number of halogens is 2. The van der Waals surface area contributed by atoms with Gasteiger partial charge in [-0.05, 0) is 56.0 Å². The summed E-state index contributed by atoms with van der Waals surface area (Å²) >= 11 is 12.4. The second-order valence-corrected chi connectivity index (χ2v) is 11.5. The predicted octanol–water partition coefficient (Wildman–Crippen LogP) is 5.18. The largest absolute Gasteiger partial charge is 0.354 e. The molecule has 0 saturated heterocycles. The Hall–Kier alpha value is -2.29. The number of carbonyl (C=O) groups excluding carboxylic acids is 2. The summed E-state index contributed by atoms with van der Waals surface area (Å²) in [5.74, 6) is -0.480. The van der Waals surface area contributed by atoms with Crippen molar-refractivity contribution in [1.29, 1.82) is 0 Å². The van der Waals surface area contributed by atoms with Crippen molar-refractivity contribution in [3.05, 3.63) is 63.6 Å². The number of aryl methyl sites for hydroxylation is 1. The van der Waals surface area contributed by atoms with E-state index in [2.05, 4.69) is 5.32 Å². The first-order valence-corrected chi connectivity index (χ1v) is 14.6. The molecule has 1 N–H and O–H groups in total. The molecular weight excluding hydrogens is 521 g/mol. The lowest BCUT2D eigenvalue weighted by molar-refractivity contribution is -0.141. The molecular formula is C26H35Cl2N3O4S. The van der Waals surface area contributed by atoms with Gasteiger partial charge >= 0.3 is 0 Å². The molecule has 2 rings (SSSR count). The number of amides is 2. The zero-order valence-corrected chi connectivity index (χ0v) is 23.6. The number of hydrogen-bond acceptors (Lipinski definition) is 4. The summed E-state index contributed by atoms with van der Waals surface area (Å²) in [5.41, 5.74) is 2.24. The van der Waals surface area contributed by atoms with Crippen molar-refractivity contribution in [1.82, 2.24) is 10.2 Å². The standard InChI is InChI=1S/C26H35Cl2N3O4S/c1-5-15-29-26(33)24(6-2)30(18-20-11-12-21(27)17-23(20)28)25(32)8-7-16-31(36(4,34)35)22-13-9-19(3)10-14-22/h9-14,17,24H,5-8,15-16,18H2,1-4H3,(H,29,33)/t24-/m1/s1. The summed E-state index contributed by atoms with van der Waals surface area (Å²) in [6.45, 7) is 6.53. The zero-order chi connectivity index (χ0) is 26.9. The lowest BCUT2D eigenvalue weighted by atomic mass is 10.1. The SMILES string of the molecule is CCCNC(=O)[C@@H](CC)N(Cc1ccc(Cl)cc1Cl)C(=O)CCCN(c1ccc(C)cc1)S(C)(=O)=O. The Balaban J connectivity index is 2.23. The summed E-state index contributed by atoms with van der Waals surface area (Å²) in [5, 5.41) is 3.76. The van der Waals surface area contributed by atoms with Gasteiger partial charge in [-0.1, -0.05) is 60.8 Å². The Labute approximate surface area is 224 Å². The monoisotopic (exact) mass is 555 g/mol. The molecule has 7 nitrogen and oxygen atoms in total. The summed E-state index contributed by atoms with van der Waals surface area (Å²) in [7, 11) is -3.54. The van der Waals surface area contributed by atoms with Crippen LogP contribution in [-0.4, -0.2) is 50.5 Å². The number of carbonyl (C=O) groups is 2. The van der Waals surface area contributed by atoms with Crippen molar-refractivity contribution in [3.63, 3.8) is 0 Å². The Morgan fingerprint density at radius 1 is 1.06 bits per heavy atom. The highest BCUT2D eigenvalue weighted by Gasteiger charge is 2.29. The number of anilines is 1. The molecule has 0 heterocycles. The fourth-order valence-corrected chi connectivity index (χ4v) is 5.27. The molecule has 198 valence electrons. The highest BCUT2D eigenvalue weighted by Crippen LogP contribution is 2.25.